The number of nitrogens with two attached hydrogens (primary N) is 1. The monoisotopic (exact) mass is 289 g/mol. The lowest BCUT2D eigenvalue weighted by Gasteiger charge is -2.26. The van der Waals surface area contributed by atoms with E-state index < -0.39 is 17.6 Å². The van der Waals surface area contributed by atoms with Gasteiger partial charge in [0.2, 0.25) is 5.91 Å². The van der Waals surface area contributed by atoms with Gasteiger partial charge in [-0.15, -0.1) is 0 Å². The third-order valence-corrected chi connectivity index (χ3v) is 2.52. The standard InChI is InChI=1S/C12H14F3N3O2/c1-7(19)17-8-3-5-9(6-4-8)18-10(20)11(2,16)12(13,14)15/h3-6H,16H2,1-2H3,(H,17,19)(H,18,20). The topological polar surface area (TPSA) is 84.2 Å². The minimum atomic E-state index is -4.85. The van der Waals surface area contributed by atoms with Crippen molar-refractivity contribution in [1.29, 1.82) is 0 Å². The lowest BCUT2D eigenvalue weighted by molar-refractivity contribution is -0.184. The van der Waals surface area contributed by atoms with E-state index in [1.54, 1.807) is 0 Å². The van der Waals surface area contributed by atoms with Crippen LogP contribution in [-0.2, 0) is 9.59 Å². The summed E-state index contributed by atoms with van der Waals surface area (Å²) in [6.07, 6.45) is -4.85. The molecule has 1 unspecified atom stereocenters. The van der Waals surface area contributed by atoms with Gasteiger partial charge in [-0.1, -0.05) is 0 Å². The van der Waals surface area contributed by atoms with Gasteiger partial charge in [-0.2, -0.15) is 13.2 Å². The number of anilines is 2. The zero-order valence-corrected chi connectivity index (χ0v) is 10.8. The van der Waals surface area contributed by atoms with Crippen molar-refractivity contribution in [2.75, 3.05) is 10.6 Å². The SMILES string of the molecule is CC(=O)Nc1ccc(NC(=O)C(C)(N)C(F)(F)F)cc1. The Balaban J connectivity index is 2.79. The van der Waals surface area contributed by atoms with E-state index in [1.807, 2.05) is 0 Å². The Labute approximate surface area is 113 Å². The summed E-state index contributed by atoms with van der Waals surface area (Å²) in [4.78, 5) is 22.3. The zero-order valence-electron chi connectivity index (χ0n) is 10.8. The van der Waals surface area contributed by atoms with Crippen LogP contribution in [-0.4, -0.2) is 23.5 Å². The van der Waals surface area contributed by atoms with Crippen LogP contribution in [0.4, 0.5) is 24.5 Å². The minimum Gasteiger partial charge on any atom is -0.326 e. The van der Waals surface area contributed by atoms with Crippen LogP contribution in [0.2, 0.25) is 0 Å². The molecule has 4 N–H and O–H groups in total. The number of halogens is 3. The smallest absolute Gasteiger partial charge is 0.326 e. The maximum absolute atomic E-state index is 12.6. The van der Waals surface area contributed by atoms with Gasteiger partial charge in [0.05, 0.1) is 0 Å². The molecule has 0 aliphatic rings. The van der Waals surface area contributed by atoms with E-state index in [1.165, 1.54) is 31.2 Å². The summed E-state index contributed by atoms with van der Waals surface area (Å²) in [5.74, 6) is -1.65. The predicted molar refractivity (Wildman–Crippen MR) is 68.0 cm³/mol. The molecule has 1 rings (SSSR count). The van der Waals surface area contributed by atoms with Crippen molar-refractivity contribution in [3.05, 3.63) is 24.3 Å². The molecule has 0 aliphatic heterocycles. The van der Waals surface area contributed by atoms with E-state index >= 15 is 0 Å². The predicted octanol–water partition coefficient (Wildman–Crippen LogP) is 1.86. The van der Waals surface area contributed by atoms with Crippen LogP contribution >= 0.6 is 0 Å². The van der Waals surface area contributed by atoms with Crippen molar-refractivity contribution in [2.24, 2.45) is 5.73 Å². The molecule has 0 aromatic heterocycles. The average Bonchev–Trinajstić information content (AvgIpc) is 2.29. The number of carbonyl (C=O) groups excluding carboxylic acids is 2. The van der Waals surface area contributed by atoms with Gasteiger partial charge >= 0.3 is 6.18 Å². The van der Waals surface area contributed by atoms with Gasteiger partial charge in [0, 0.05) is 18.3 Å². The molecule has 1 atom stereocenters. The Hall–Kier alpha value is -2.09. The molecule has 5 nitrogen and oxygen atoms in total. The van der Waals surface area contributed by atoms with E-state index in [-0.39, 0.29) is 11.6 Å². The Kier molecular flexibility index (Phi) is 4.39. The molecule has 0 saturated heterocycles. The van der Waals surface area contributed by atoms with Crippen molar-refractivity contribution in [3.63, 3.8) is 0 Å². The summed E-state index contributed by atoms with van der Waals surface area (Å²) in [7, 11) is 0. The van der Waals surface area contributed by atoms with Gasteiger partial charge in [0.1, 0.15) is 0 Å². The van der Waals surface area contributed by atoms with Crippen LogP contribution in [0.25, 0.3) is 0 Å². The van der Waals surface area contributed by atoms with Crippen LogP contribution in [0.5, 0.6) is 0 Å². The molecule has 0 radical (unpaired) electrons. The number of rotatable bonds is 3. The fraction of sp³-hybridized carbons (Fsp3) is 0.333. The summed E-state index contributed by atoms with van der Waals surface area (Å²) >= 11 is 0. The first-order valence-electron chi connectivity index (χ1n) is 5.59. The van der Waals surface area contributed by atoms with Crippen LogP contribution in [0.1, 0.15) is 13.8 Å². The lowest BCUT2D eigenvalue weighted by Crippen LogP contribution is -2.59. The van der Waals surface area contributed by atoms with E-state index in [9.17, 15) is 22.8 Å². The van der Waals surface area contributed by atoms with Gasteiger partial charge in [-0.25, -0.2) is 0 Å². The molecule has 1 aromatic rings. The maximum Gasteiger partial charge on any atom is 0.415 e. The summed E-state index contributed by atoms with van der Waals surface area (Å²) in [6.45, 7) is 1.91. The number of carbonyl (C=O) groups is 2. The van der Waals surface area contributed by atoms with Crippen LogP contribution in [0.15, 0.2) is 24.3 Å². The molecule has 0 aliphatic carbocycles. The second kappa shape index (κ2) is 5.49. The van der Waals surface area contributed by atoms with Crippen molar-refractivity contribution < 1.29 is 22.8 Å². The first-order valence-corrected chi connectivity index (χ1v) is 5.59. The Morgan fingerprint density at radius 2 is 1.45 bits per heavy atom. The van der Waals surface area contributed by atoms with Gasteiger partial charge in [-0.05, 0) is 31.2 Å². The molecule has 0 fully saturated rings. The number of alkyl halides is 3. The van der Waals surface area contributed by atoms with Crippen molar-refractivity contribution >= 4 is 23.2 Å². The first kappa shape index (κ1) is 16.0. The lowest BCUT2D eigenvalue weighted by atomic mass is 10.0. The van der Waals surface area contributed by atoms with Crippen LogP contribution in [0, 0.1) is 0 Å². The van der Waals surface area contributed by atoms with Gasteiger partial charge in [-0.3, -0.25) is 9.59 Å². The van der Waals surface area contributed by atoms with Crippen molar-refractivity contribution in [3.8, 4) is 0 Å². The normalized spacial score (nSPS) is 14.3. The molecule has 0 spiro atoms. The number of amides is 2. The van der Waals surface area contributed by atoms with E-state index in [2.05, 4.69) is 10.6 Å². The third kappa shape index (κ3) is 3.70. The van der Waals surface area contributed by atoms with Crippen LogP contribution < -0.4 is 16.4 Å². The van der Waals surface area contributed by atoms with Crippen molar-refractivity contribution in [2.45, 2.75) is 25.6 Å². The number of nitrogens with one attached hydrogen (secondary N) is 2. The Morgan fingerprint density at radius 3 is 1.80 bits per heavy atom. The molecule has 0 bridgehead atoms. The molecule has 110 valence electrons. The van der Waals surface area contributed by atoms with E-state index in [0.717, 1.165) is 0 Å². The largest absolute Gasteiger partial charge is 0.415 e. The average molecular weight is 289 g/mol. The number of benzene rings is 1. The van der Waals surface area contributed by atoms with Gasteiger partial charge < -0.3 is 16.4 Å². The summed E-state index contributed by atoms with van der Waals surface area (Å²) < 4.78 is 37.7. The first-order chi connectivity index (χ1) is 9.04. The molecular weight excluding hydrogens is 275 g/mol. The molecule has 20 heavy (non-hydrogen) atoms. The minimum absolute atomic E-state index is 0.144. The molecule has 1 aromatic carbocycles. The summed E-state index contributed by atoms with van der Waals surface area (Å²) in [6, 6.07) is 5.60. The molecule has 0 heterocycles. The van der Waals surface area contributed by atoms with E-state index in [0.29, 0.717) is 12.6 Å². The number of hydrogen-bond donors (Lipinski definition) is 3. The Morgan fingerprint density at radius 1 is 1.05 bits per heavy atom. The van der Waals surface area contributed by atoms with Crippen molar-refractivity contribution in [1.82, 2.24) is 0 Å². The highest BCUT2D eigenvalue weighted by molar-refractivity contribution is 5.98. The number of hydrogen-bond acceptors (Lipinski definition) is 3. The second-order valence-electron chi connectivity index (χ2n) is 4.41. The Bertz CT molecular complexity index is 510. The second-order valence-corrected chi connectivity index (χ2v) is 4.41. The highest BCUT2D eigenvalue weighted by Crippen LogP contribution is 2.29. The fourth-order valence-corrected chi connectivity index (χ4v) is 1.23. The highest BCUT2D eigenvalue weighted by atomic mass is 19.4. The zero-order chi connectivity index (χ0) is 15.6. The van der Waals surface area contributed by atoms with Gasteiger partial charge in [0.25, 0.3) is 5.91 Å². The molecule has 2 amide bonds. The fourth-order valence-electron chi connectivity index (χ4n) is 1.23. The maximum atomic E-state index is 12.6. The quantitative estimate of drug-likeness (QED) is 0.794. The summed E-state index contributed by atoms with van der Waals surface area (Å²) in [5.41, 5.74) is 2.61. The molecular formula is C12H14F3N3O2. The molecule has 0 saturated carbocycles. The highest BCUT2D eigenvalue weighted by Gasteiger charge is 2.53. The summed E-state index contributed by atoms with van der Waals surface area (Å²) in [5, 5.41) is 4.56. The van der Waals surface area contributed by atoms with Crippen LogP contribution in [0.3, 0.4) is 0 Å². The third-order valence-electron chi connectivity index (χ3n) is 2.52. The molecule has 8 heteroatoms. The van der Waals surface area contributed by atoms with E-state index in [4.69, 9.17) is 5.73 Å². The van der Waals surface area contributed by atoms with Gasteiger partial charge in [0.15, 0.2) is 5.54 Å².